The van der Waals surface area contributed by atoms with Crippen molar-refractivity contribution >= 4 is 12.2 Å². The summed E-state index contributed by atoms with van der Waals surface area (Å²) in [6.45, 7) is 4.85. The zero-order valence-electron chi connectivity index (χ0n) is 8.69. The molecule has 0 spiro atoms. The van der Waals surface area contributed by atoms with Crippen molar-refractivity contribution < 1.29 is 0 Å². The zero-order chi connectivity index (χ0) is 10.8. The molecule has 4 nitrogen and oxygen atoms in total. The molecule has 0 atom stereocenters. The fourth-order valence-electron chi connectivity index (χ4n) is 1.51. The van der Waals surface area contributed by atoms with Crippen LogP contribution < -0.4 is 0 Å². The van der Waals surface area contributed by atoms with Crippen LogP contribution in [0.25, 0.3) is 11.4 Å². The summed E-state index contributed by atoms with van der Waals surface area (Å²) in [5, 5.41) is 7.00. The number of nitrogens with zero attached hydrogens (tertiary/aromatic N) is 3. The van der Waals surface area contributed by atoms with Crippen molar-refractivity contribution in [3.63, 3.8) is 0 Å². The summed E-state index contributed by atoms with van der Waals surface area (Å²) in [6.07, 6.45) is 3.62. The first-order chi connectivity index (χ1) is 7.22. The molecule has 0 amide bonds. The molecule has 5 heteroatoms. The lowest BCUT2D eigenvalue weighted by Gasteiger charge is -2.03. The molecule has 0 aromatic carbocycles. The van der Waals surface area contributed by atoms with Gasteiger partial charge >= 0.3 is 0 Å². The lowest BCUT2D eigenvalue weighted by molar-refractivity contribution is 0.755. The van der Waals surface area contributed by atoms with Gasteiger partial charge < -0.3 is 4.57 Å². The number of H-pyrrole nitrogens is 1. The monoisotopic (exact) mass is 220 g/mol. The quantitative estimate of drug-likeness (QED) is 0.790. The number of pyridine rings is 1. The Balaban J connectivity index is 2.59. The fraction of sp³-hybridized carbons (Fsp3) is 0.300. The highest BCUT2D eigenvalue weighted by atomic mass is 32.1. The van der Waals surface area contributed by atoms with Crippen molar-refractivity contribution in [1.29, 1.82) is 0 Å². The number of nitrogens with one attached hydrogen (secondary N) is 1. The van der Waals surface area contributed by atoms with Crippen molar-refractivity contribution in [2.24, 2.45) is 0 Å². The van der Waals surface area contributed by atoms with Crippen LogP contribution in [0.2, 0.25) is 0 Å². The predicted molar refractivity (Wildman–Crippen MR) is 61.1 cm³/mol. The molecule has 2 rings (SSSR count). The van der Waals surface area contributed by atoms with Crippen LogP contribution in [0.1, 0.15) is 12.5 Å². The number of aromatic nitrogens is 4. The summed E-state index contributed by atoms with van der Waals surface area (Å²) in [5.41, 5.74) is 2.10. The summed E-state index contributed by atoms with van der Waals surface area (Å²) in [7, 11) is 0. The molecule has 0 saturated heterocycles. The lowest BCUT2D eigenvalue weighted by Crippen LogP contribution is -1.98. The molecule has 15 heavy (non-hydrogen) atoms. The van der Waals surface area contributed by atoms with Gasteiger partial charge in [-0.1, -0.05) is 0 Å². The van der Waals surface area contributed by atoms with Crippen LogP contribution in [0.5, 0.6) is 0 Å². The van der Waals surface area contributed by atoms with Gasteiger partial charge in [-0.15, -0.1) is 0 Å². The van der Waals surface area contributed by atoms with Crippen molar-refractivity contribution in [2.45, 2.75) is 20.4 Å². The zero-order valence-corrected chi connectivity index (χ0v) is 9.51. The molecule has 2 heterocycles. The molecule has 0 fully saturated rings. The second kappa shape index (κ2) is 3.94. The molecule has 0 radical (unpaired) electrons. The standard InChI is InChI=1S/C10H12N4S/c1-3-14-9(12-13-10(14)15)8-4-7(2)5-11-6-8/h4-6H,3H2,1-2H3,(H,13,15). The van der Waals surface area contributed by atoms with Crippen molar-refractivity contribution in [2.75, 3.05) is 0 Å². The van der Waals surface area contributed by atoms with Gasteiger partial charge in [-0.05, 0) is 37.7 Å². The van der Waals surface area contributed by atoms with Crippen LogP contribution in [-0.4, -0.2) is 19.7 Å². The Morgan fingerprint density at radius 2 is 2.27 bits per heavy atom. The topological polar surface area (TPSA) is 46.5 Å². The van der Waals surface area contributed by atoms with E-state index in [0.29, 0.717) is 4.77 Å². The van der Waals surface area contributed by atoms with Crippen LogP contribution in [-0.2, 0) is 6.54 Å². The lowest BCUT2D eigenvalue weighted by atomic mass is 10.2. The van der Waals surface area contributed by atoms with Crippen LogP contribution in [0.4, 0.5) is 0 Å². The summed E-state index contributed by atoms with van der Waals surface area (Å²) in [4.78, 5) is 4.14. The first kappa shape index (κ1) is 10.0. The van der Waals surface area contributed by atoms with Crippen LogP contribution in [0.3, 0.4) is 0 Å². The average molecular weight is 220 g/mol. The van der Waals surface area contributed by atoms with E-state index in [-0.39, 0.29) is 0 Å². The highest BCUT2D eigenvalue weighted by Gasteiger charge is 2.07. The van der Waals surface area contributed by atoms with Crippen LogP contribution in [0.15, 0.2) is 18.5 Å². The van der Waals surface area contributed by atoms with E-state index < -0.39 is 0 Å². The molecule has 0 bridgehead atoms. The molecule has 1 N–H and O–H groups in total. The smallest absolute Gasteiger partial charge is 0.195 e. The molecule has 0 unspecified atom stereocenters. The second-order valence-electron chi connectivity index (χ2n) is 3.35. The van der Waals surface area contributed by atoms with E-state index >= 15 is 0 Å². The van der Waals surface area contributed by atoms with Gasteiger partial charge in [0.25, 0.3) is 0 Å². The third-order valence-corrected chi connectivity index (χ3v) is 2.52. The summed E-state index contributed by atoms with van der Waals surface area (Å²) in [5.74, 6) is 0.846. The maximum absolute atomic E-state index is 5.13. The normalized spacial score (nSPS) is 10.5. The minimum absolute atomic E-state index is 0.647. The summed E-state index contributed by atoms with van der Waals surface area (Å²) >= 11 is 5.13. The molecule has 2 aromatic heterocycles. The van der Waals surface area contributed by atoms with Crippen molar-refractivity contribution in [3.05, 3.63) is 28.8 Å². The third kappa shape index (κ3) is 1.83. The van der Waals surface area contributed by atoms with Gasteiger partial charge in [0.05, 0.1) is 0 Å². The second-order valence-corrected chi connectivity index (χ2v) is 3.73. The van der Waals surface area contributed by atoms with Gasteiger partial charge in [-0.3, -0.25) is 10.1 Å². The Hall–Kier alpha value is -1.49. The maximum atomic E-state index is 5.13. The Morgan fingerprint density at radius 3 is 2.93 bits per heavy atom. The molecule has 2 aromatic rings. The molecular formula is C10H12N4S. The third-order valence-electron chi connectivity index (χ3n) is 2.21. The van der Waals surface area contributed by atoms with Crippen LogP contribution >= 0.6 is 12.2 Å². The van der Waals surface area contributed by atoms with Crippen LogP contribution in [0, 0.1) is 11.7 Å². The van der Waals surface area contributed by atoms with Gasteiger partial charge in [0.1, 0.15) is 0 Å². The van der Waals surface area contributed by atoms with Gasteiger partial charge in [0.15, 0.2) is 10.6 Å². The molecule has 0 aliphatic carbocycles. The fourth-order valence-corrected chi connectivity index (χ4v) is 1.77. The minimum Gasteiger partial charge on any atom is -0.300 e. The molecule has 0 aliphatic heterocycles. The SMILES string of the molecule is CCn1c(-c2cncc(C)c2)n[nH]c1=S. The van der Waals surface area contributed by atoms with E-state index in [1.165, 1.54) is 0 Å². The van der Waals surface area contributed by atoms with Crippen molar-refractivity contribution in [3.8, 4) is 11.4 Å². The van der Waals surface area contributed by atoms with Crippen molar-refractivity contribution in [1.82, 2.24) is 19.7 Å². The molecular weight excluding hydrogens is 208 g/mol. The Bertz CT molecular complexity index is 526. The molecule has 78 valence electrons. The Kier molecular flexibility index (Phi) is 2.64. The number of rotatable bonds is 2. The highest BCUT2D eigenvalue weighted by Crippen LogP contribution is 2.16. The maximum Gasteiger partial charge on any atom is 0.195 e. The number of aryl methyl sites for hydroxylation is 1. The van der Waals surface area contributed by atoms with E-state index in [4.69, 9.17) is 12.2 Å². The predicted octanol–water partition coefficient (Wildman–Crippen LogP) is 2.33. The first-order valence-corrected chi connectivity index (χ1v) is 5.20. The average Bonchev–Trinajstić information content (AvgIpc) is 2.59. The number of aromatic amines is 1. The summed E-state index contributed by atoms with van der Waals surface area (Å²) < 4.78 is 2.60. The van der Waals surface area contributed by atoms with E-state index in [1.54, 1.807) is 6.20 Å². The summed E-state index contributed by atoms with van der Waals surface area (Å²) in [6, 6.07) is 2.05. The highest BCUT2D eigenvalue weighted by molar-refractivity contribution is 7.71. The van der Waals surface area contributed by atoms with E-state index in [1.807, 2.05) is 30.7 Å². The Morgan fingerprint density at radius 1 is 1.47 bits per heavy atom. The first-order valence-electron chi connectivity index (χ1n) is 4.79. The molecule has 0 aliphatic rings. The van der Waals surface area contributed by atoms with Gasteiger partial charge in [-0.2, -0.15) is 5.10 Å². The van der Waals surface area contributed by atoms with Gasteiger partial charge in [0.2, 0.25) is 0 Å². The largest absolute Gasteiger partial charge is 0.300 e. The minimum atomic E-state index is 0.647. The van der Waals surface area contributed by atoms with Gasteiger partial charge in [0, 0.05) is 24.5 Å². The van der Waals surface area contributed by atoms with E-state index in [2.05, 4.69) is 15.2 Å². The number of hydrogen-bond donors (Lipinski definition) is 1. The van der Waals surface area contributed by atoms with E-state index in [0.717, 1.165) is 23.5 Å². The van der Waals surface area contributed by atoms with E-state index in [9.17, 15) is 0 Å². The van der Waals surface area contributed by atoms with Gasteiger partial charge in [-0.25, -0.2) is 0 Å². The Labute approximate surface area is 93.0 Å². The number of hydrogen-bond acceptors (Lipinski definition) is 3. The molecule has 0 saturated carbocycles.